The lowest BCUT2D eigenvalue weighted by molar-refractivity contribution is -0.132. The van der Waals surface area contributed by atoms with Gasteiger partial charge >= 0.3 is 0 Å². The van der Waals surface area contributed by atoms with Crippen LogP contribution in [0.25, 0.3) is 0 Å². The number of sulfonamides is 1. The molecular formula is C21H27N3O3S. The van der Waals surface area contributed by atoms with Gasteiger partial charge in [0.2, 0.25) is 15.9 Å². The molecule has 0 aliphatic carbocycles. The third-order valence-corrected chi connectivity index (χ3v) is 6.28. The number of hydrogen-bond donors (Lipinski definition) is 0. The van der Waals surface area contributed by atoms with Crippen molar-refractivity contribution in [2.24, 2.45) is 0 Å². The molecule has 0 bridgehead atoms. The maximum Gasteiger partial charge on any atom is 0.246 e. The third-order valence-electron chi connectivity index (χ3n) is 5.04. The summed E-state index contributed by atoms with van der Waals surface area (Å²) in [5.74, 6) is -0.167. The summed E-state index contributed by atoms with van der Waals surface area (Å²) in [6.07, 6.45) is 1.15. The second kappa shape index (κ2) is 8.22. The van der Waals surface area contributed by atoms with Crippen molar-refractivity contribution in [1.82, 2.24) is 4.90 Å². The first-order valence-electron chi connectivity index (χ1n) is 9.42. The Bertz CT molecular complexity index is 923. The predicted octanol–water partition coefficient (Wildman–Crippen LogP) is 2.50. The number of nitrogens with zero attached hydrogens (tertiary/aromatic N) is 3. The first-order chi connectivity index (χ1) is 13.3. The van der Waals surface area contributed by atoms with Gasteiger partial charge in [-0.2, -0.15) is 0 Å². The van der Waals surface area contributed by atoms with Crippen molar-refractivity contribution in [2.75, 3.05) is 41.6 Å². The summed E-state index contributed by atoms with van der Waals surface area (Å²) in [5.41, 5.74) is 2.61. The van der Waals surface area contributed by atoms with Crippen molar-refractivity contribution < 1.29 is 13.2 Å². The average Bonchev–Trinajstić information content (AvgIpc) is 2.67. The van der Waals surface area contributed by atoms with Crippen LogP contribution in [0.15, 0.2) is 54.6 Å². The molecule has 1 aliphatic heterocycles. The van der Waals surface area contributed by atoms with Gasteiger partial charge in [-0.05, 0) is 43.7 Å². The van der Waals surface area contributed by atoms with Crippen molar-refractivity contribution in [3.05, 3.63) is 60.2 Å². The lowest BCUT2D eigenvalue weighted by Gasteiger charge is -2.39. The predicted molar refractivity (Wildman–Crippen MR) is 113 cm³/mol. The number of carbonyl (C=O) groups excluding carboxylic acids is 1. The van der Waals surface area contributed by atoms with Crippen LogP contribution in [0.5, 0.6) is 0 Å². The lowest BCUT2D eigenvalue weighted by atomic mass is 10.2. The Balaban J connectivity index is 1.74. The van der Waals surface area contributed by atoms with E-state index in [9.17, 15) is 13.2 Å². The van der Waals surface area contributed by atoms with Crippen LogP contribution in [-0.2, 0) is 14.8 Å². The summed E-state index contributed by atoms with van der Waals surface area (Å²) in [5, 5.41) is 0. The van der Waals surface area contributed by atoms with Gasteiger partial charge in [-0.1, -0.05) is 30.3 Å². The number of piperazine rings is 1. The fourth-order valence-electron chi connectivity index (χ4n) is 3.66. The Morgan fingerprint density at radius 2 is 1.64 bits per heavy atom. The third kappa shape index (κ3) is 4.47. The molecule has 7 heteroatoms. The van der Waals surface area contributed by atoms with Crippen LogP contribution in [-0.4, -0.2) is 57.7 Å². The zero-order valence-electron chi connectivity index (χ0n) is 16.6. The zero-order valence-corrected chi connectivity index (χ0v) is 17.4. The molecular weight excluding hydrogens is 374 g/mol. The van der Waals surface area contributed by atoms with Gasteiger partial charge in [0.05, 0.1) is 11.9 Å². The largest absolute Gasteiger partial charge is 0.368 e. The van der Waals surface area contributed by atoms with Crippen LogP contribution in [0.3, 0.4) is 0 Å². The Hall–Kier alpha value is -2.54. The molecule has 2 aromatic rings. The molecule has 1 fully saturated rings. The second-order valence-corrected chi connectivity index (χ2v) is 9.08. The van der Waals surface area contributed by atoms with Crippen LogP contribution in [0, 0.1) is 6.92 Å². The molecule has 1 amide bonds. The maximum absolute atomic E-state index is 13.1. The highest BCUT2D eigenvalue weighted by molar-refractivity contribution is 7.92. The number of anilines is 2. The molecule has 1 unspecified atom stereocenters. The van der Waals surface area contributed by atoms with Gasteiger partial charge in [-0.25, -0.2) is 8.42 Å². The Morgan fingerprint density at radius 3 is 2.21 bits per heavy atom. The monoisotopic (exact) mass is 401 g/mol. The van der Waals surface area contributed by atoms with E-state index < -0.39 is 16.1 Å². The minimum atomic E-state index is -3.60. The molecule has 2 aromatic carbocycles. The fourth-order valence-corrected chi connectivity index (χ4v) is 4.82. The van der Waals surface area contributed by atoms with Gasteiger partial charge in [0.15, 0.2) is 0 Å². The number of benzene rings is 2. The summed E-state index contributed by atoms with van der Waals surface area (Å²) < 4.78 is 26.1. The van der Waals surface area contributed by atoms with Crippen LogP contribution in [0.4, 0.5) is 11.4 Å². The average molecular weight is 402 g/mol. The smallest absolute Gasteiger partial charge is 0.246 e. The van der Waals surface area contributed by atoms with Crippen molar-refractivity contribution in [1.29, 1.82) is 0 Å². The first-order valence-corrected chi connectivity index (χ1v) is 11.3. The van der Waals surface area contributed by atoms with Crippen LogP contribution in [0.2, 0.25) is 0 Å². The minimum Gasteiger partial charge on any atom is -0.368 e. The molecule has 0 aromatic heterocycles. The molecule has 6 nitrogen and oxygen atoms in total. The minimum absolute atomic E-state index is 0.167. The topological polar surface area (TPSA) is 60.9 Å². The molecule has 28 heavy (non-hydrogen) atoms. The normalized spacial score (nSPS) is 16.0. The molecule has 150 valence electrons. The number of hydrogen-bond acceptors (Lipinski definition) is 4. The van der Waals surface area contributed by atoms with Gasteiger partial charge in [-0.3, -0.25) is 9.10 Å². The van der Waals surface area contributed by atoms with E-state index in [1.807, 2.05) is 31.2 Å². The highest BCUT2D eigenvalue weighted by Crippen LogP contribution is 2.23. The zero-order chi connectivity index (χ0) is 20.3. The van der Waals surface area contributed by atoms with Crippen molar-refractivity contribution in [3.8, 4) is 0 Å². The highest BCUT2D eigenvalue weighted by atomic mass is 32.2. The van der Waals surface area contributed by atoms with Crippen molar-refractivity contribution >= 4 is 27.3 Å². The van der Waals surface area contributed by atoms with E-state index in [1.54, 1.807) is 30.0 Å². The SMILES string of the molecule is Cc1cccc(N(C(C)C(=O)N2CCN(c3ccccc3)CC2)S(C)(=O)=O)c1. The number of amides is 1. The molecule has 0 radical (unpaired) electrons. The van der Waals surface area contributed by atoms with Crippen LogP contribution in [0.1, 0.15) is 12.5 Å². The molecule has 0 N–H and O–H groups in total. The molecule has 0 saturated carbocycles. The first kappa shape index (κ1) is 20.2. The van der Waals surface area contributed by atoms with Gasteiger partial charge in [-0.15, -0.1) is 0 Å². The van der Waals surface area contributed by atoms with Gasteiger partial charge < -0.3 is 9.80 Å². The maximum atomic E-state index is 13.1. The molecule has 3 rings (SSSR count). The number of rotatable bonds is 5. The molecule has 0 spiro atoms. The molecule has 1 saturated heterocycles. The van der Waals surface area contributed by atoms with Gasteiger partial charge in [0, 0.05) is 31.9 Å². The van der Waals surface area contributed by atoms with Crippen LogP contribution < -0.4 is 9.21 Å². The summed E-state index contributed by atoms with van der Waals surface area (Å²) in [7, 11) is -3.60. The van der Waals surface area contributed by atoms with Crippen molar-refractivity contribution in [3.63, 3.8) is 0 Å². The molecule has 1 atom stereocenters. The van der Waals surface area contributed by atoms with Gasteiger partial charge in [0.1, 0.15) is 6.04 Å². The van der Waals surface area contributed by atoms with E-state index in [0.717, 1.165) is 30.6 Å². The van der Waals surface area contributed by atoms with Crippen LogP contribution >= 0.6 is 0 Å². The van der Waals surface area contributed by atoms with E-state index in [0.29, 0.717) is 18.8 Å². The fraction of sp³-hybridized carbons (Fsp3) is 0.381. The van der Waals surface area contributed by atoms with E-state index in [4.69, 9.17) is 0 Å². The Morgan fingerprint density at radius 1 is 1.00 bits per heavy atom. The summed E-state index contributed by atoms with van der Waals surface area (Å²) in [6.45, 7) is 6.17. The molecule has 1 aliphatic rings. The van der Waals surface area contributed by atoms with E-state index in [-0.39, 0.29) is 5.91 Å². The Kier molecular flexibility index (Phi) is 5.93. The Labute approximate surface area is 167 Å². The lowest BCUT2D eigenvalue weighted by Crippen LogP contribution is -2.55. The summed E-state index contributed by atoms with van der Waals surface area (Å²) >= 11 is 0. The van der Waals surface area contributed by atoms with Crippen molar-refractivity contribution in [2.45, 2.75) is 19.9 Å². The van der Waals surface area contributed by atoms with E-state index >= 15 is 0 Å². The number of para-hydroxylation sites is 1. The molecule has 1 heterocycles. The standard InChI is InChI=1S/C21H27N3O3S/c1-17-8-7-11-20(16-17)24(28(3,26)27)18(2)21(25)23-14-12-22(13-15-23)19-9-5-4-6-10-19/h4-11,16,18H,12-15H2,1-3H3. The van der Waals surface area contributed by atoms with Gasteiger partial charge in [0.25, 0.3) is 0 Å². The number of aryl methyl sites for hydroxylation is 1. The second-order valence-electron chi connectivity index (χ2n) is 7.22. The summed E-state index contributed by atoms with van der Waals surface area (Å²) in [6, 6.07) is 16.5. The van der Waals surface area contributed by atoms with E-state index in [2.05, 4.69) is 17.0 Å². The quantitative estimate of drug-likeness (QED) is 0.772. The van der Waals surface area contributed by atoms with E-state index in [1.165, 1.54) is 4.31 Å². The highest BCUT2D eigenvalue weighted by Gasteiger charge is 2.33. The number of carbonyl (C=O) groups is 1. The summed E-state index contributed by atoms with van der Waals surface area (Å²) in [4.78, 5) is 17.1.